The number of hydrogen-bond acceptors (Lipinski definition) is 19. The van der Waals surface area contributed by atoms with Gasteiger partial charge in [-0.15, -0.1) is 16.6 Å². The molecule has 71 heavy (non-hydrogen) atoms. The van der Waals surface area contributed by atoms with Crippen LogP contribution in [0.2, 0.25) is 0 Å². The molecule has 22 nitrogen and oxygen atoms in total. The summed E-state index contributed by atoms with van der Waals surface area (Å²) in [6.07, 6.45) is 9.21. The summed E-state index contributed by atoms with van der Waals surface area (Å²) in [5.41, 5.74) is 4.54. The van der Waals surface area contributed by atoms with Crippen LogP contribution in [-0.4, -0.2) is 81.4 Å². The molecule has 0 aromatic heterocycles. The number of para-hydroxylation sites is 1. The number of ether oxygens (including phenoxy) is 1. The van der Waals surface area contributed by atoms with Crippen molar-refractivity contribution in [2.45, 2.75) is 63.3 Å². The average molecular weight is 1060 g/mol. The standard InChI is InChI=1S/C13H17NO.C8H7NO.2C7H4N2O3.C4H6ClNO.C4H5NO3.C2Cl3NO/c1-9(2)11-6-5-7-12(10(3)4)13(11)14-8-15;10-7-9-6-8-4-2-1-3-5-8;10-5-8-6-1-3-7(4-2-6)9(11)12;10-5-8-6-2-1-3-7(4-6)9(11)12;5-2-1-3-6-4-7;1-2-8-4(7)5-3-6;3-2(4,5)6-1-7/h5-7,9-10H,1-4H3;1-5H,6H2;2*1-4H;1-3H2;2H2,1H3;. The number of nitrogens with zero attached hydrogens (tertiary/aromatic N) is 9. The Kier molecular flexibility index (Phi) is 41.0. The molecule has 0 aliphatic carbocycles. The maximum Gasteiger partial charge on any atom is 0.444 e. The van der Waals surface area contributed by atoms with Crippen molar-refractivity contribution in [1.29, 1.82) is 0 Å². The summed E-state index contributed by atoms with van der Waals surface area (Å²) in [6, 6.07) is 26.4. The number of alkyl halides is 4. The van der Waals surface area contributed by atoms with Crippen LogP contribution in [0.1, 0.15) is 69.6 Å². The number of non-ortho nitro benzene ring substituents is 2. The number of nitro groups is 2. The Balaban J connectivity index is -0.000000773. The van der Waals surface area contributed by atoms with Gasteiger partial charge in [0, 0.05) is 30.1 Å². The number of isocyanates is 7. The van der Waals surface area contributed by atoms with Crippen LogP contribution >= 0.6 is 46.4 Å². The van der Waals surface area contributed by atoms with Crippen molar-refractivity contribution in [2.75, 3.05) is 19.0 Å². The normalized spacial score (nSPS) is 8.89. The van der Waals surface area contributed by atoms with Crippen molar-refractivity contribution in [3.63, 3.8) is 0 Å². The van der Waals surface area contributed by atoms with Gasteiger partial charge in [0.25, 0.3) is 15.3 Å². The Hall–Kier alpha value is -8.03. The molecule has 4 rings (SSSR count). The summed E-state index contributed by atoms with van der Waals surface area (Å²) in [7, 11) is 0. The highest BCUT2D eigenvalue weighted by atomic mass is 35.6. The molecule has 4 aromatic rings. The van der Waals surface area contributed by atoms with Crippen molar-refractivity contribution in [2.24, 2.45) is 34.9 Å². The monoisotopic (exact) mass is 1060 g/mol. The molecule has 26 heteroatoms. The van der Waals surface area contributed by atoms with Crippen LogP contribution in [0.4, 0.5) is 33.2 Å². The van der Waals surface area contributed by atoms with Crippen LogP contribution in [0.15, 0.2) is 132 Å². The Bertz CT molecular complexity index is 2530. The van der Waals surface area contributed by atoms with Gasteiger partial charge in [-0.25, -0.2) is 48.3 Å². The molecule has 0 saturated heterocycles. The van der Waals surface area contributed by atoms with Crippen LogP contribution in [0.5, 0.6) is 0 Å². The minimum atomic E-state index is -1.83. The average Bonchev–Trinajstić information content (AvgIpc) is 3.33. The predicted octanol–water partition coefficient (Wildman–Crippen LogP) is 11.6. The maximum absolute atomic E-state index is 10.4. The fourth-order valence-electron chi connectivity index (χ4n) is 4.25. The third-order valence-corrected chi connectivity index (χ3v) is 7.69. The largest absolute Gasteiger partial charge is 0.448 e. The third-order valence-electron chi connectivity index (χ3n) is 7.16. The van der Waals surface area contributed by atoms with Crippen molar-refractivity contribution < 1.29 is 52.9 Å². The van der Waals surface area contributed by atoms with Gasteiger partial charge in [0.1, 0.15) is 0 Å². The van der Waals surface area contributed by atoms with E-state index in [1.807, 2.05) is 48.5 Å². The molecular formula is C45H43Cl4N9O13. The van der Waals surface area contributed by atoms with Crippen LogP contribution in [0.25, 0.3) is 0 Å². The molecule has 4 aromatic carbocycles. The number of carbonyl (C=O) groups excluding carboxylic acids is 8. The summed E-state index contributed by atoms with van der Waals surface area (Å²) >= 11 is 20.1. The summed E-state index contributed by atoms with van der Waals surface area (Å²) in [5, 5.41) is 20.4. The summed E-state index contributed by atoms with van der Waals surface area (Å²) < 4.78 is 2.38. The SMILES string of the molecule is CC(C)c1cccc(C(C)C)c1N=C=O.CCOC(=O)N=C=O.O=C=NC(Cl)(Cl)Cl.O=C=NCCCCl.O=C=NCc1ccccc1.O=C=Nc1ccc([N+](=O)[O-])cc1.O=C=Nc1cccc([N+](=O)[O-])c1. The van der Waals surface area contributed by atoms with E-state index in [0.717, 1.165) is 41.0 Å². The van der Waals surface area contributed by atoms with Crippen LogP contribution in [0, 0.1) is 20.2 Å². The fraction of sp³-hybridized carbons (Fsp3) is 0.289. The molecule has 0 radical (unpaired) electrons. The van der Waals surface area contributed by atoms with E-state index in [1.54, 1.807) is 13.0 Å². The summed E-state index contributed by atoms with van der Waals surface area (Å²) in [6.45, 7) is 11.2. The predicted molar refractivity (Wildman–Crippen MR) is 264 cm³/mol. The quantitative estimate of drug-likeness (QED) is 0.0229. The van der Waals surface area contributed by atoms with E-state index in [1.165, 1.54) is 72.9 Å². The lowest BCUT2D eigenvalue weighted by atomic mass is 9.93. The maximum atomic E-state index is 10.4. The highest BCUT2D eigenvalue weighted by Crippen LogP contribution is 2.34. The lowest BCUT2D eigenvalue weighted by Crippen LogP contribution is -1.95. The van der Waals surface area contributed by atoms with Crippen molar-refractivity contribution in [1.82, 2.24) is 0 Å². The molecule has 1 amide bonds. The molecule has 0 atom stereocenters. The zero-order valence-electron chi connectivity index (χ0n) is 38.3. The third kappa shape index (κ3) is 37.6. The Labute approximate surface area is 425 Å². The smallest absolute Gasteiger partial charge is 0.444 e. The van der Waals surface area contributed by atoms with Gasteiger partial charge in [0.05, 0.1) is 46.6 Å². The van der Waals surface area contributed by atoms with Gasteiger partial charge in [-0.2, -0.15) is 15.0 Å². The van der Waals surface area contributed by atoms with Crippen molar-refractivity contribution >= 4 is 123 Å². The van der Waals surface area contributed by atoms with Gasteiger partial charge in [-0.1, -0.05) is 122 Å². The van der Waals surface area contributed by atoms with E-state index in [2.05, 4.69) is 67.4 Å². The molecular weight excluding hydrogens is 1020 g/mol. The van der Waals surface area contributed by atoms with Crippen LogP contribution in [0.3, 0.4) is 0 Å². The molecule has 0 aliphatic rings. The molecule has 0 unspecified atom stereocenters. The second kappa shape index (κ2) is 43.3. The molecule has 0 aliphatic heterocycles. The minimum Gasteiger partial charge on any atom is -0.448 e. The van der Waals surface area contributed by atoms with E-state index < -0.39 is 19.9 Å². The van der Waals surface area contributed by atoms with E-state index in [0.29, 0.717) is 36.5 Å². The molecule has 374 valence electrons. The summed E-state index contributed by atoms with van der Waals surface area (Å²) in [5.74, 6) is 1.30. The first-order valence-electron chi connectivity index (χ1n) is 19.7. The molecule has 0 N–H and O–H groups in total. The molecule has 0 fully saturated rings. The number of carbonyl (C=O) groups is 1. The van der Waals surface area contributed by atoms with Gasteiger partial charge >= 0.3 is 6.09 Å². The van der Waals surface area contributed by atoms with E-state index in [9.17, 15) is 58.6 Å². The first-order valence-corrected chi connectivity index (χ1v) is 21.4. The van der Waals surface area contributed by atoms with E-state index in [4.69, 9.17) is 46.4 Å². The number of benzene rings is 4. The highest BCUT2D eigenvalue weighted by molar-refractivity contribution is 6.67. The molecule has 0 heterocycles. The minimum absolute atomic E-state index is 0.0279. The first kappa shape index (κ1) is 67.2. The zero-order chi connectivity index (χ0) is 54.5. The van der Waals surface area contributed by atoms with E-state index >= 15 is 0 Å². The first-order chi connectivity index (χ1) is 33.8. The number of nitro benzene ring substituents is 2. The number of aliphatic imine (C=N–C) groups is 7. The second-order valence-corrected chi connectivity index (χ2v) is 15.3. The number of amides is 1. The van der Waals surface area contributed by atoms with Gasteiger partial charge < -0.3 is 4.74 Å². The highest BCUT2D eigenvalue weighted by Gasteiger charge is 2.16. The Morgan fingerprint density at radius 2 is 1.15 bits per heavy atom. The van der Waals surface area contributed by atoms with Gasteiger partial charge in [0.2, 0.25) is 42.6 Å². The number of hydrogen-bond donors (Lipinski definition) is 0. The lowest BCUT2D eigenvalue weighted by molar-refractivity contribution is -0.385. The van der Waals surface area contributed by atoms with E-state index in [-0.39, 0.29) is 23.7 Å². The van der Waals surface area contributed by atoms with Crippen LogP contribution < -0.4 is 0 Å². The number of rotatable bonds is 13. The topological polar surface area (TPSA) is 319 Å². The van der Waals surface area contributed by atoms with Gasteiger partial charge in [-0.05, 0) is 60.1 Å². The lowest BCUT2D eigenvalue weighted by Gasteiger charge is -2.14. The fourth-order valence-corrected chi connectivity index (χ4v) is 4.48. The Morgan fingerprint density at radius 1 is 0.634 bits per heavy atom. The van der Waals surface area contributed by atoms with Crippen molar-refractivity contribution in [3.8, 4) is 0 Å². The molecule has 0 bridgehead atoms. The second-order valence-electron chi connectivity index (χ2n) is 12.7. The van der Waals surface area contributed by atoms with Crippen LogP contribution in [-0.2, 0) is 44.8 Å². The van der Waals surface area contributed by atoms with Gasteiger partial charge in [-0.3, -0.25) is 20.2 Å². The summed E-state index contributed by atoms with van der Waals surface area (Å²) in [4.78, 5) is 119. The number of halogens is 4. The zero-order valence-corrected chi connectivity index (χ0v) is 41.3. The molecule has 0 spiro atoms. The Morgan fingerprint density at radius 3 is 1.56 bits per heavy atom. The van der Waals surface area contributed by atoms with Gasteiger partial charge in [0.15, 0.2) is 0 Å². The van der Waals surface area contributed by atoms with Crippen molar-refractivity contribution in [3.05, 3.63) is 134 Å². The molecule has 0 saturated carbocycles.